The van der Waals surface area contributed by atoms with Crippen LogP contribution >= 0.6 is 23.1 Å². The standard InChI is InChI=1S/C24H19FN4O2S2/c25-16-9-4-5-10-17(16)26-22(30)14-21-23(31)27-24(33-21)29-19(15-7-2-1-3-8-15)13-18(28-29)20-11-6-12-32-20/h1-12,19,21H,13-14H2,(H,26,30)/t19-,21+/m0/s1. The molecule has 2 amide bonds. The van der Waals surface area contributed by atoms with Crippen molar-refractivity contribution >= 4 is 51.5 Å². The Bertz CT molecular complexity index is 1240. The van der Waals surface area contributed by atoms with Crippen molar-refractivity contribution < 1.29 is 14.0 Å². The summed E-state index contributed by atoms with van der Waals surface area (Å²) in [6.45, 7) is 0. The summed E-state index contributed by atoms with van der Waals surface area (Å²) in [4.78, 5) is 30.4. The topological polar surface area (TPSA) is 74.1 Å². The number of carbonyl (C=O) groups is 2. The molecule has 0 saturated heterocycles. The van der Waals surface area contributed by atoms with Gasteiger partial charge in [-0.1, -0.05) is 60.3 Å². The van der Waals surface area contributed by atoms with Gasteiger partial charge in [0.15, 0.2) is 5.17 Å². The highest BCUT2D eigenvalue weighted by atomic mass is 32.2. The Labute approximate surface area is 198 Å². The van der Waals surface area contributed by atoms with E-state index < -0.39 is 17.0 Å². The van der Waals surface area contributed by atoms with E-state index in [1.807, 2.05) is 47.8 Å². The third kappa shape index (κ3) is 4.60. The number of hydrogen-bond donors (Lipinski definition) is 1. The highest BCUT2D eigenvalue weighted by Crippen LogP contribution is 2.39. The van der Waals surface area contributed by atoms with Gasteiger partial charge >= 0.3 is 0 Å². The van der Waals surface area contributed by atoms with Gasteiger partial charge in [0.1, 0.15) is 11.1 Å². The highest BCUT2D eigenvalue weighted by molar-refractivity contribution is 8.15. The highest BCUT2D eigenvalue weighted by Gasteiger charge is 2.39. The Kier molecular flexibility index (Phi) is 6.06. The van der Waals surface area contributed by atoms with Gasteiger partial charge in [0, 0.05) is 12.8 Å². The molecule has 2 aliphatic rings. The minimum Gasteiger partial charge on any atom is -0.324 e. The third-order valence-corrected chi connectivity index (χ3v) is 7.40. The second kappa shape index (κ2) is 9.29. The van der Waals surface area contributed by atoms with Crippen LogP contribution in [0.15, 0.2) is 82.2 Å². The molecule has 2 aromatic carbocycles. The van der Waals surface area contributed by atoms with E-state index in [1.165, 1.54) is 23.9 Å². The lowest BCUT2D eigenvalue weighted by Gasteiger charge is -2.23. The van der Waals surface area contributed by atoms with E-state index in [2.05, 4.69) is 10.3 Å². The Balaban J connectivity index is 1.33. The van der Waals surface area contributed by atoms with E-state index in [0.717, 1.165) is 16.2 Å². The Morgan fingerprint density at radius 1 is 1.09 bits per heavy atom. The van der Waals surface area contributed by atoms with Crippen molar-refractivity contribution in [1.82, 2.24) is 5.01 Å². The maximum Gasteiger partial charge on any atom is 0.262 e. The number of amides is 2. The smallest absolute Gasteiger partial charge is 0.262 e. The zero-order valence-corrected chi connectivity index (χ0v) is 19.0. The first kappa shape index (κ1) is 21.5. The minimum atomic E-state index is -0.677. The first-order chi connectivity index (χ1) is 16.1. The fourth-order valence-electron chi connectivity index (χ4n) is 3.75. The number of amidine groups is 1. The molecule has 3 heterocycles. The summed E-state index contributed by atoms with van der Waals surface area (Å²) >= 11 is 2.84. The van der Waals surface area contributed by atoms with Crippen LogP contribution in [0.3, 0.4) is 0 Å². The largest absolute Gasteiger partial charge is 0.324 e. The number of aliphatic imine (C=N–C) groups is 1. The summed E-state index contributed by atoms with van der Waals surface area (Å²) in [5.74, 6) is -1.34. The number of hydrazone groups is 1. The lowest BCUT2D eigenvalue weighted by Crippen LogP contribution is -2.25. The monoisotopic (exact) mass is 478 g/mol. The van der Waals surface area contributed by atoms with Gasteiger partial charge in [-0.2, -0.15) is 10.1 Å². The maximum atomic E-state index is 13.8. The fraction of sp³-hybridized carbons (Fsp3) is 0.167. The minimum absolute atomic E-state index is 0.0895. The lowest BCUT2D eigenvalue weighted by atomic mass is 10.0. The van der Waals surface area contributed by atoms with Crippen LogP contribution in [0.4, 0.5) is 10.1 Å². The van der Waals surface area contributed by atoms with Crippen molar-refractivity contribution in [2.24, 2.45) is 10.1 Å². The quantitative estimate of drug-likeness (QED) is 0.556. The summed E-state index contributed by atoms with van der Waals surface area (Å²) in [5, 5.41) is 10.9. The third-order valence-electron chi connectivity index (χ3n) is 5.34. The van der Waals surface area contributed by atoms with E-state index >= 15 is 0 Å². The van der Waals surface area contributed by atoms with Gasteiger partial charge in [-0.3, -0.25) is 9.59 Å². The van der Waals surface area contributed by atoms with E-state index in [0.29, 0.717) is 11.6 Å². The molecular weight excluding hydrogens is 459 g/mol. The summed E-state index contributed by atoms with van der Waals surface area (Å²) in [5.41, 5.74) is 2.10. The van der Waals surface area contributed by atoms with Gasteiger partial charge in [0.05, 0.1) is 22.3 Å². The van der Waals surface area contributed by atoms with E-state index in [1.54, 1.807) is 28.5 Å². The van der Waals surface area contributed by atoms with Crippen molar-refractivity contribution in [3.05, 3.63) is 88.4 Å². The van der Waals surface area contributed by atoms with Crippen LogP contribution in [-0.2, 0) is 9.59 Å². The van der Waals surface area contributed by atoms with Crippen LogP contribution in [0.1, 0.15) is 29.3 Å². The number of para-hydroxylation sites is 1. The first-order valence-electron chi connectivity index (χ1n) is 10.4. The van der Waals surface area contributed by atoms with Gasteiger partial charge in [-0.25, -0.2) is 9.40 Å². The molecule has 33 heavy (non-hydrogen) atoms. The predicted molar refractivity (Wildman–Crippen MR) is 130 cm³/mol. The first-order valence-corrected chi connectivity index (χ1v) is 12.1. The molecule has 166 valence electrons. The number of nitrogens with one attached hydrogen (secondary N) is 1. The summed E-state index contributed by atoms with van der Waals surface area (Å²) in [7, 11) is 0. The number of rotatable bonds is 5. The lowest BCUT2D eigenvalue weighted by molar-refractivity contribution is -0.121. The number of anilines is 1. The summed E-state index contributed by atoms with van der Waals surface area (Å²) in [6, 6.07) is 19.8. The molecule has 1 aromatic heterocycles. The van der Waals surface area contributed by atoms with E-state index in [4.69, 9.17) is 5.10 Å². The molecule has 0 saturated carbocycles. The second-order valence-electron chi connectivity index (χ2n) is 7.57. The summed E-state index contributed by atoms with van der Waals surface area (Å²) in [6.07, 6.45) is 0.590. The molecule has 0 aliphatic carbocycles. The number of benzene rings is 2. The van der Waals surface area contributed by atoms with Crippen LogP contribution in [0.2, 0.25) is 0 Å². The van der Waals surface area contributed by atoms with Crippen molar-refractivity contribution in [1.29, 1.82) is 0 Å². The molecular formula is C24H19FN4O2S2. The van der Waals surface area contributed by atoms with E-state index in [-0.39, 0.29) is 24.1 Å². The number of nitrogens with zero attached hydrogens (tertiary/aromatic N) is 3. The molecule has 0 bridgehead atoms. The zero-order chi connectivity index (χ0) is 22.8. The molecule has 3 aromatic rings. The Morgan fingerprint density at radius 3 is 2.64 bits per heavy atom. The zero-order valence-electron chi connectivity index (χ0n) is 17.3. The number of halogens is 1. The Hall–Kier alpha value is -3.30. The number of thioether (sulfide) groups is 1. The molecule has 0 spiro atoms. The van der Waals surface area contributed by atoms with Gasteiger partial charge in [-0.05, 0) is 29.1 Å². The van der Waals surface area contributed by atoms with Crippen LogP contribution in [-0.4, -0.2) is 33.0 Å². The van der Waals surface area contributed by atoms with Crippen LogP contribution in [0, 0.1) is 5.82 Å². The molecule has 5 rings (SSSR count). The SMILES string of the molecule is O=C(C[C@H]1SC(N2N=C(c3cccs3)C[C@H]2c2ccccc2)=NC1=O)Nc1ccccc1F. The molecule has 2 aliphatic heterocycles. The van der Waals surface area contributed by atoms with Crippen LogP contribution in [0.25, 0.3) is 0 Å². The van der Waals surface area contributed by atoms with Crippen LogP contribution < -0.4 is 5.32 Å². The molecule has 0 unspecified atom stereocenters. The normalized spacial score (nSPS) is 20.0. The predicted octanol–water partition coefficient (Wildman–Crippen LogP) is 5.07. The van der Waals surface area contributed by atoms with Crippen molar-refractivity contribution in [2.75, 3.05) is 5.32 Å². The molecule has 6 nitrogen and oxygen atoms in total. The Morgan fingerprint density at radius 2 is 1.88 bits per heavy atom. The summed E-state index contributed by atoms with van der Waals surface area (Å²) < 4.78 is 13.8. The van der Waals surface area contributed by atoms with Gasteiger partial charge < -0.3 is 5.32 Å². The molecule has 2 atom stereocenters. The second-order valence-corrected chi connectivity index (χ2v) is 9.69. The average molecular weight is 479 g/mol. The fourth-order valence-corrected chi connectivity index (χ4v) is 5.53. The maximum absolute atomic E-state index is 13.8. The molecule has 9 heteroatoms. The van der Waals surface area contributed by atoms with Gasteiger partial charge in [0.25, 0.3) is 5.91 Å². The van der Waals surface area contributed by atoms with Crippen molar-refractivity contribution in [3.63, 3.8) is 0 Å². The van der Waals surface area contributed by atoms with Crippen molar-refractivity contribution in [3.8, 4) is 0 Å². The molecule has 0 radical (unpaired) electrons. The van der Waals surface area contributed by atoms with Gasteiger partial charge in [0.2, 0.25) is 5.91 Å². The van der Waals surface area contributed by atoms with Crippen LogP contribution in [0.5, 0.6) is 0 Å². The molecule has 0 fully saturated rings. The van der Waals surface area contributed by atoms with Gasteiger partial charge in [-0.15, -0.1) is 11.3 Å². The number of hydrogen-bond acceptors (Lipinski definition) is 6. The van der Waals surface area contributed by atoms with Crippen molar-refractivity contribution in [2.45, 2.75) is 24.1 Å². The number of carbonyl (C=O) groups excluding carboxylic acids is 2. The van der Waals surface area contributed by atoms with E-state index in [9.17, 15) is 14.0 Å². The average Bonchev–Trinajstić information content (AvgIpc) is 3.56. The molecule has 1 N–H and O–H groups in total. The number of thiophene rings is 1.